The van der Waals surface area contributed by atoms with Crippen LogP contribution in [0.2, 0.25) is 0 Å². The number of hydrogen-bond acceptors (Lipinski definition) is 4. The zero-order chi connectivity index (χ0) is 19.0. The van der Waals surface area contributed by atoms with Crippen LogP contribution in [0.5, 0.6) is 0 Å². The maximum atomic E-state index is 13.8. The van der Waals surface area contributed by atoms with E-state index in [-0.39, 0.29) is 28.4 Å². The first-order valence-electron chi connectivity index (χ1n) is 7.00. The van der Waals surface area contributed by atoms with Crippen molar-refractivity contribution >= 4 is 21.8 Å². The van der Waals surface area contributed by atoms with Gasteiger partial charge in [-0.1, -0.05) is 30.3 Å². The number of aliphatic carboxylic acids is 1. The van der Waals surface area contributed by atoms with Gasteiger partial charge < -0.3 is 10.8 Å². The van der Waals surface area contributed by atoms with Crippen LogP contribution in [0.15, 0.2) is 53.4 Å². The van der Waals surface area contributed by atoms with Gasteiger partial charge in [0, 0.05) is 24.6 Å². The number of sulfonamides is 1. The highest BCUT2D eigenvalue weighted by Crippen LogP contribution is 2.12. The van der Waals surface area contributed by atoms with E-state index in [1.54, 1.807) is 18.2 Å². The van der Waals surface area contributed by atoms with E-state index in [1.807, 2.05) is 0 Å². The van der Waals surface area contributed by atoms with E-state index in [1.165, 1.54) is 24.3 Å². The fraction of sp³-hybridized carbons (Fsp3) is 0.125. The van der Waals surface area contributed by atoms with E-state index in [9.17, 15) is 12.8 Å². The molecule has 0 atom stereocenters. The van der Waals surface area contributed by atoms with Gasteiger partial charge in [0.05, 0.1) is 4.90 Å². The number of carboxylic acid groups (broad SMARTS) is 1. The average Bonchev–Trinajstić information content (AvgIpc) is 2.54. The number of benzene rings is 2. The van der Waals surface area contributed by atoms with Crippen LogP contribution in [0, 0.1) is 11.2 Å². The van der Waals surface area contributed by atoms with E-state index in [4.69, 9.17) is 21.0 Å². The number of nitrogens with one attached hydrogen (secondary N) is 2. The number of rotatable bonds is 5. The van der Waals surface area contributed by atoms with Crippen molar-refractivity contribution in [2.45, 2.75) is 18.4 Å². The third-order valence-corrected chi connectivity index (χ3v) is 4.29. The molecule has 0 radical (unpaired) electrons. The van der Waals surface area contributed by atoms with Crippen LogP contribution in [0.25, 0.3) is 0 Å². The molecule has 2 aromatic carbocycles. The van der Waals surface area contributed by atoms with Crippen LogP contribution in [0.1, 0.15) is 18.1 Å². The van der Waals surface area contributed by atoms with Crippen molar-refractivity contribution < 1.29 is 22.7 Å². The van der Waals surface area contributed by atoms with Crippen molar-refractivity contribution in [1.82, 2.24) is 4.72 Å². The molecular weight excluding hydrogens is 349 g/mol. The molecule has 0 aliphatic rings. The summed E-state index contributed by atoms with van der Waals surface area (Å²) in [5, 5.41) is 14.6. The largest absolute Gasteiger partial charge is 0.481 e. The van der Waals surface area contributed by atoms with Gasteiger partial charge in [0.25, 0.3) is 5.97 Å². The van der Waals surface area contributed by atoms with E-state index >= 15 is 0 Å². The molecule has 0 unspecified atom stereocenters. The molecule has 0 aliphatic carbocycles. The maximum Gasteiger partial charge on any atom is 0.300 e. The lowest BCUT2D eigenvalue weighted by molar-refractivity contribution is -0.134. The van der Waals surface area contributed by atoms with Gasteiger partial charge in [-0.05, 0) is 18.2 Å². The molecule has 0 aliphatic heterocycles. The van der Waals surface area contributed by atoms with Crippen molar-refractivity contribution in [3.8, 4) is 0 Å². The van der Waals surface area contributed by atoms with Gasteiger partial charge in [-0.2, -0.15) is 0 Å². The average molecular weight is 367 g/mol. The summed E-state index contributed by atoms with van der Waals surface area (Å²) in [4.78, 5) is 9.12. The highest BCUT2D eigenvalue weighted by atomic mass is 32.2. The van der Waals surface area contributed by atoms with E-state index < -0.39 is 21.8 Å². The van der Waals surface area contributed by atoms with Crippen LogP contribution >= 0.6 is 0 Å². The normalized spacial score (nSPS) is 10.5. The molecule has 0 saturated heterocycles. The smallest absolute Gasteiger partial charge is 0.300 e. The number of carbonyl (C=O) groups is 1. The van der Waals surface area contributed by atoms with Gasteiger partial charge in [0.15, 0.2) is 0 Å². The Labute approximate surface area is 144 Å². The second kappa shape index (κ2) is 8.90. The molecule has 0 bridgehead atoms. The number of amidine groups is 1. The van der Waals surface area contributed by atoms with Crippen LogP contribution in [0.3, 0.4) is 0 Å². The Bertz CT molecular complexity index is 851. The Morgan fingerprint density at radius 2 is 1.80 bits per heavy atom. The summed E-state index contributed by atoms with van der Waals surface area (Å²) in [6.45, 7) is 0.904. The summed E-state index contributed by atoms with van der Waals surface area (Å²) < 4.78 is 40.1. The van der Waals surface area contributed by atoms with Gasteiger partial charge in [0.1, 0.15) is 11.7 Å². The highest BCUT2D eigenvalue weighted by Gasteiger charge is 2.14. The summed E-state index contributed by atoms with van der Waals surface area (Å²) in [7, 11) is -3.69. The third kappa shape index (κ3) is 6.69. The lowest BCUT2D eigenvalue weighted by atomic mass is 10.1. The lowest BCUT2D eigenvalue weighted by Gasteiger charge is -2.08. The number of nitrogens with two attached hydrogens (primary N) is 1. The van der Waals surface area contributed by atoms with Crippen molar-refractivity contribution in [1.29, 1.82) is 5.41 Å². The van der Waals surface area contributed by atoms with Gasteiger partial charge in [-0.25, -0.2) is 17.5 Å². The number of nitrogen functional groups attached to an aromatic ring is 1. The first kappa shape index (κ1) is 20.3. The van der Waals surface area contributed by atoms with E-state index in [0.717, 1.165) is 13.0 Å². The van der Waals surface area contributed by atoms with Crippen LogP contribution in [-0.4, -0.2) is 25.3 Å². The lowest BCUT2D eigenvalue weighted by Crippen LogP contribution is -2.24. The molecule has 134 valence electrons. The topological polar surface area (TPSA) is 133 Å². The van der Waals surface area contributed by atoms with E-state index in [2.05, 4.69) is 4.72 Å². The van der Waals surface area contributed by atoms with Crippen LogP contribution in [0.4, 0.5) is 4.39 Å². The molecule has 0 amide bonds. The molecule has 2 aromatic rings. The minimum absolute atomic E-state index is 0.116. The molecule has 9 heteroatoms. The number of hydrogen-bond donors (Lipinski definition) is 4. The molecule has 25 heavy (non-hydrogen) atoms. The predicted octanol–water partition coefficient (Wildman–Crippen LogP) is 1.68. The maximum absolute atomic E-state index is 13.8. The molecule has 5 N–H and O–H groups in total. The summed E-state index contributed by atoms with van der Waals surface area (Å²) in [6.07, 6.45) is 0. The van der Waals surface area contributed by atoms with Gasteiger partial charge in [-0.15, -0.1) is 0 Å². The van der Waals surface area contributed by atoms with Crippen molar-refractivity contribution in [3.05, 3.63) is 65.5 Å². The minimum Gasteiger partial charge on any atom is -0.481 e. The number of carboxylic acids is 1. The molecule has 0 aromatic heterocycles. The first-order chi connectivity index (χ1) is 11.6. The third-order valence-electron chi connectivity index (χ3n) is 2.87. The summed E-state index contributed by atoms with van der Waals surface area (Å²) in [5.74, 6) is -1.69. The minimum atomic E-state index is -3.69. The Hall–Kier alpha value is -2.78. The molecular formula is C16H18FN3O4S. The molecule has 0 saturated carbocycles. The molecule has 2 rings (SSSR count). The summed E-state index contributed by atoms with van der Waals surface area (Å²) in [6, 6.07) is 11.8. The number of halogens is 1. The summed E-state index contributed by atoms with van der Waals surface area (Å²) in [5.41, 5.74) is 5.69. The zero-order valence-electron chi connectivity index (χ0n) is 13.4. The SMILES string of the molecule is CC(=O)O.N=C(N)c1ccc(CNS(=O)(=O)c2ccccc2)c(F)c1. The second-order valence-electron chi connectivity index (χ2n) is 4.88. The van der Waals surface area contributed by atoms with E-state index in [0.29, 0.717) is 0 Å². The standard InChI is InChI=1S/C14H14FN3O2S.C2H4O2/c15-13-8-10(14(16)17)6-7-11(13)9-18-21(19,20)12-4-2-1-3-5-12;1-2(3)4/h1-8,18H,9H2,(H3,16,17);1H3,(H,3,4). The Morgan fingerprint density at radius 1 is 1.24 bits per heavy atom. The molecule has 0 fully saturated rings. The quantitative estimate of drug-likeness (QED) is 0.471. The predicted molar refractivity (Wildman–Crippen MR) is 91.2 cm³/mol. The van der Waals surface area contributed by atoms with Crippen molar-refractivity contribution in [3.63, 3.8) is 0 Å². The fourth-order valence-electron chi connectivity index (χ4n) is 1.71. The van der Waals surface area contributed by atoms with Gasteiger partial charge >= 0.3 is 0 Å². The van der Waals surface area contributed by atoms with Crippen LogP contribution in [-0.2, 0) is 21.4 Å². The highest BCUT2D eigenvalue weighted by molar-refractivity contribution is 7.89. The first-order valence-corrected chi connectivity index (χ1v) is 8.49. The summed E-state index contributed by atoms with van der Waals surface area (Å²) >= 11 is 0. The Kier molecular flexibility index (Phi) is 7.22. The molecule has 0 heterocycles. The Morgan fingerprint density at radius 3 is 2.28 bits per heavy atom. The monoisotopic (exact) mass is 367 g/mol. The zero-order valence-corrected chi connectivity index (χ0v) is 14.2. The van der Waals surface area contributed by atoms with Gasteiger partial charge in [0.2, 0.25) is 10.0 Å². The van der Waals surface area contributed by atoms with Gasteiger partial charge in [-0.3, -0.25) is 10.2 Å². The molecule has 7 nitrogen and oxygen atoms in total. The van der Waals surface area contributed by atoms with Crippen molar-refractivity contribution in [2.75, 3.05) is 0 Å². The van der Waals surface area contributed by atoms with Crippen LogP contribution < -0.4 is 10.5 Å². The molecule has 0 spiro atoms. The Balaban J connectivity index is 0.000000705. The van der Waals surface area contributed by atoms with Crippen molar-refractivity contribution in [2.24, 2.45) is 5.73 Å². The fourth-order valence-corrected chi connectivity index (χ4v) is 2.74. The second-order valence-corrected chi connectivity index (χ2v) is 6.64.